The van der Waals surface area contributed by atoms with Gasteiger partial charge in [0.2, 0.25) is 0 Å². The Morgan fingerprint density at radius 1 is 0.867 bits per heavy atom. The summed E-state index contributed by atoms with van der Waals surface area (Å²) in [6, 6.07) is 10.4. The monoisotopic (exact) mass is 628 g/mol. The van der Waals surface area contributed by atoms with E-state index < -0.39 is 29.5 Å². The first-order valence-corrected chi connectivity index (χ1v) is 13.1. The maximum atomic E-state index is 13.4. The van der Waals surface area contributed by atoms with Gasteiger partial charge in [-0.2, -0.15) is 31.4 Å². The molecule has 0 spiro atoms. The van der Waals surface area contributed by atoms with Crippen LogP contribution < -0.4 is 21.1 Å². The predicted octanol–water partition coefficient (Wildman–Crippen LogP) is 7.34. The van der Waals surface area contributed by atoms with Gasteiger partial charge >= 0.3 is 24.4 Å². The molecule has 4 N–H and O–H groups in total. The van der Waals surface area contributed by atoms with Gasteiger partial charge in [-0.1, -0.05) is 19.1 Å². The molecule has 0 saturated heterocycles. The zero-order valence-corrected chi connectivity index (χ0v) is 23.1. The molecular weight excluding hydrogens is 606 g/mol. The van der Waals surface area contributed by atoms with Crippen LogP contribution in [0.1, 0.15) is 23.7 Å². The molecule has 0 unspecified atom stereocenters. The lowest BCUT2D eigenvalue weighted by molar-refractivity contribution is -0.138. The van der Waals surface area contributed by atoms with Crippen LogP contribution in [0, 0.1) is 0 Å². The van der Waals surface area contributed by atoms with E-state index in [1.165, 1.54) is 47.4 Å². The van der Waals surface area contributed by atoms with E-state index in [-0.39, 0.29) is 40.2 Å². The Kier molecular flexibility index (Phi) is 8.30. The summed E-state index contributed by atoms with van der Waals surface area (Å²) in [6.07, 6.45) is -3.98. The number of rotatable bonds is 7. The van der Waals surface area contributed by atoms with E-state index in [0.29, 0.717) is 23.9 Å². The van der Waals surface area contributed by atoms with Crippen molar-refractivity contribution in [1.29, 1.82) is 0 Å². The third-order valence-corrected chi connectivity index (χ3v) is 6.33. The summed E-state index contributed by atoms with van der Waals surface area (Å²) in [4.78, 5) is 24.3. The largest absolute Gasteiger partial charge is 0.424 e. The lowest BCUT2D eigenvalue weighted by atomic mass is 10.0. The Morgan fingerprint density at radius 3 is 2.18 bits per heavy atom. The molecule has 2 aromatic carbocycles. The maximum Gasteiger partial charge on any atom is 0.417 e. The van der Waals surface area contributed by atoms with Crippen molar-refractivity contribution in [3.63, 3.8) is 0 Å². The van der Waals surface area contributed by atoms with E-state index >= 15 is 0 Å². The number of pyridine rings is 1. The smallest absolute Gasteiger partial charge is 0.417 e. The van der Waals surface area contributed by atoms with Gasteiger partial charge in [-0.05, 0) is 54.4 Å². The summed E-state index contributed by atoms with van der Waals surface area (Å²) in [5, 5.41) is 9.16. The molecule has 3 aromatic heterocycles. The highest BCUT2D eigenvalue weighted by Crippen LogP contribution is 2.35. The number of nitrogen functional groups attached to an aromatic ring is 1. The number of aryl methyl sites for hydroxylation is 1. The average molecular weight is 629 g/mol. The van der Waals surface area contributed by atoms with Gasteiger partial charge in [-0.15, -0.1) is 0 Å². The van der Waals surface area contributed by atoms with Crippen LogP contribution in [0.5, 0.6) is 11.8 Å². The van der Waals surface area contributed by atoms with Gasteiger partial charge in [0.25, 0.3) is 0 Å². The van der Waals surface area contributed by atoms with Gasteiger partial charge in [0.05, 0.1) is 46.3 Å². The molecule has 3 heterocycles. The van der Waals surface area contributed by atoms with E-state index in [1.807, 2.05) is 6.92 Å². The number of urea groups is 1. The first-order valence-electron chi connectivity index (χ1n) is 13.1. The van der Waals surface area contributed by atoms with Crippen molar-refractivity contribution in [1.82, 2.24) is 24.7 Å². The predicted molar refractivity (Wildman–Crippen MR) is 152 cm³/mol. The Hall–Kier alpha value is -5.67. The third kappa shape index (κ3) is 7.29. The number of benzene rings is 2. The number of nitrogens with one attached hydrogen (secondary N) is 2. The fraction of sp³-hybridized carbons (Fsp3) is 0.138. The van der Waals surface area contributed by atoms with Crippen molar-refractivity contribution in [3.8, 4) is 28.6 Å². The highest BCUT2D eigenvalue weighted by molar-refractivity contribution is 6.00. The second-order valence-electron chi connectivity index (χ2n) is 9.45. The molecule has 0 aliphatic rings. The third-order valence-electron chi connectivity index (χ3n) is 6.33. The number of hydrogen-bond acceptors (Lipinski definition) is 7. The van der Waals surface area contributed by atoms with Crippen LogP contribution in [0.2, 0.25) is 0 Å². The van der Waals surface area contributed by atoms with Gasteiger partial charge in [-0.3, -0.25) is 0 Å². The number of hydrogen-bond donors (Lipinski definition) is 3. The number of nitrogens with two attached hydrogens (primary N) is 1. The number of ether oxygens (including phenoxy) is 1. The van der Waals surface area contributed by atoms with Crippen LogP contribution in [0.15, 0.2) is 79.4 Å². The Labute approximate surface area is 250 Å². The second-order valence-corrected chi connectivity index (χ2v) is 9.45. The van der Waals surface area contributed by atoms with E-state index in [4.69, 9.17) is 10.5 Å². The first-order chi connectivity index (χ1) is 21.3. The Balaban J connectivity index is 1.26. The van der Waals surface area contributed by atoms with Gasteiger partial charge in [0, 0.05) is 18.0 Å². The standard InChI is InChI=1S/C29H22F6N8O2/c1-2-19-9-10-43(42-19)24-8-5-17(28(30,31)32)12-23(24)41-26(44)40-20-14-38-27(39-15-20)45-21-6-3-16(4-7-21)22-11-18(29(33,34)35)13-37-25(22)36/h3-15H,2H2,1H3,(H2,36,37)(H2,40,41,44). The van der Waals surface area contributed by atoms with E-state index in [1.54, 1.807) is 12.3 Å². The van der Waals surface area contributed by atoms with Gasteiger partial charge in [0.1, 0.15) is 11.6 Å². The lowest BCUT2D eigenvalue weighted by Crippen LogP contribution is -2.21. The van der Waals surface area contributed by atoms with E-state index in [9.17, 15) is 31.1 Å². The summed E-state index contributed by atoms with van der Waals surface area (Å²) in [5.74, 6) is 0.168. The van der Waals surface area contributed by atoms with Crippen LogP contribution >= 0.6 is 0 Å². The summed E-state index contributed by atoms with van der Waals surface area (Å²) in [5.41, 5.74) is 5.21. The number of anilines is 3. The molecule has 0 bridgehead atoms. The second kappa shape index (κ2) is 12.1. The molecule has 16 heteroatoms. The number of aromatic nitrogens is 5. The number of alkyl halides is 6. The van der Waals surface area contributed by atoms with Crippen LogP contribution in [0.4, 0.5) is 48.3 Å². The first kappa shape index (κ1) is 30.8. The molecule has 0 atom stereocenters. The van der Waals surface area contributed by atoms with E-state index in [0.717, 1.165) is 18.2 Å². The zero-order chi connectivity index (χ0) is 32.4. The summed E-state index contributed by atoms with van der Waals surface area (Å²) in [7, 11) is 0. The summed E-state index contributed by atoms with van der Waals surface area (Å²) >= 11 is 0. The number of carbonyl (C=O) groups excluding carboxylic acids is 1. The molecule has 45 heavy (non-hydrogen) atoms. The number of halogens is 6. The average Bonchev–Trinajstić information content (AvgIpc) is 3.47. The van der Waals surface area contributed by atoms with Crippen molar-refractivity contribution in [3.05, 3.63) is 96.2 Å². The fourth-order valence-electron chi connectivity index (χ4n) is 4.08. The van der Waals surface area contributed by atoms with Crippen LogP contribution in [-0.4, -0.2) is 30.8 Å². The number of nitrogens with zero attached hydrogens (tertiary/aromatic N) is 5. The fourth-order valence-corrected chi connectivity index (χ4v) is 4.08. The molecule has 232 valence electrons. The van der Waals surface area contributed by atoms with Crippen LogP contribution in [-0.2, 0) is 18.8 Å². The molecule has 0 saturated carbocycles. The topological polar surface area (TPSA) is 133 Å². The van der Waals surface area contributed by atoms with Crippen LogP contribution in [0.25, 0.3) is 16.8 Å². The van der Waals surface area contributed by atoms with Crippen molar-refractivity contribution in [2.24, 2.45) is 0 Å². The maximum absolute atomic E-state index is 13.4. The molecule has 2 amide bonds. The number of carbonyl (C=O) groups is 1. The molecule has 5 aromatic rings. The molecule has 0 aliphatic heterocycles. The highest BCUT2D eigenvalue weighted by Gasteiger charge is 2.32. The molecule has 5 rings (SSSR count). The molecule has 0 radical (unpaired) electrons. The SMILES string of the molecule is CCc1ccn(-c2ccc(C(F)(F)F)cc2NC(=O)Nc2cnc(Oc3ccc(-c4cc(C(F)(F)F)cnc4N)cc3)nc2)n1. The van der Waals surface area contributed by atoms with Gasteiger partial charge in [-0.25, -0.2) is 24.4 Å². The van der Waals surface area contributed by atoms with Crippen molar-refractivity contribution in [2.45, 2.75) is 25.7 Å². The minimum Gasteiger partial charge on any atom is -0.424 e. The minimum absolute atomic E-state index is 0.0802. The Bertz CT molecular complexity index is 1820. The molecule has 0 aliphatic carbocycles. The van der Waals surface area contributed by atoms with Gasteiger partial charge in [0.15, 0.2) is 0 Å². The quantitative estimate of drug-likeness (QED) is 0.161. The van der Waals surface area contributed by atoms with Crippen LogP contribution in [0.3, 0.4) is 0 Å². The van der Waals surface area contributed by atoms with Gasteiger partial charge < -0.3 is 21.1 Å². The molecule has 0 fully saturated rings. The molecular formula is C29H22F6N8O2. The normalized spacial score (nSPS) is 11.7. The van der Waals surface area contributed by atoms with Crippen molar-refractivity contribution in [2.75, 3.05) is 16.4 Å². The number of amides is 2. The minimum atomic E-state index is -4.64. The lowest BCUT2D eigenvalue weighted by Gasteiger charge is -2.15. The summed E-state index contributed by atoms with van der Waals surface area (Å²) in [6.45, 7) is 1.87. The zero-order valence-electron chi connectivity index (χ0n) is 23.1. The Morgan fingerprint density at radius 2 is 1.56 bits per heavy atom. The van der Waals surface area contributed by atoms with Crippen molar-refractivity contribution >= 4 is 23.2 Å². The summed E-state index contributed by atoms with van der Waals surface area (Å²) < 4.78 is 86.3. The highest BCUT2D eigenvalue weighted by atomic mass is 19.4. The van der Waals surface area contributed by atoms with E-state index in [2.05, 4.69) is 30.7 Å². The van der Waals surface area contributed by atoms with Crippen molar-refractivity contribution < 1.29 is 35.9 Å². The molecule has 10 nitrogen and oxygen atoms in total.